The molecule has 2 saturated carbocycles. The molecule has 0 unspecified atom stereocenters. The zero-order valence-electron chi connectivity index (χ0n) is 18.2. The lowest BCUT2D eigenvalue weighted by atomic mass is 9.55. The van der Waals surface area contributed by atoms with Gasteiger partial charge in [0.1, 0.15) is 17.3 Å². The fourth-order valence-electron chi connectivity index (χ4n) is 5.75. The van der Waals surface area contributed by atoms with Crippen molar-refractivity contribution >= 4 is 17.7 Å². The van der Waals surface area contributed by atoms with Crippen molar-refractivity contribution < 1.29 is 34.1 Å². The topological polar surface area (TPSA) is 110 Å². The van der Waals surface area contributed by atoms with Crippen molar-refractivity contribution in [1.29, 1.82) is 0 Å². The highest BCUT2D eigenvalue weighted by Crippen LogP contribution is 2.59. The summed E-state index contributed by atoms with van der Waals surface area (Å²) in [5.74, 6) is -4.18. The lowest BCUT2D eigenvalue weighted by molar-refractivity contribution is -0.275. The van der Waals surface area contributed by atoms with Crippen molar-refractivity contribution in [3.05, 3.63) is 59.7 Å². The first-order chi connectivity index (χ1) is 15.8. The Bertz CT molecular complexity index is 1000. The number of ketones is 1. The molecule has 0 bridgehead atoms. The Labute approximate surface area is 191 Å². The Kier molecular flexibility index (Phi) is 5.15. The third-order valence-corrected chi connectivity index (χ3v) is 7.40. The predicted molar refractivity (Wildman–Crippen MR) is 116 cm³/mol. The standard InChI is InChI=1S/C26H26O7/c27-18-8-4-16(5-9-18)21-14-20(29)15-22(17-6-10-19(28)11-7-17)26(21)23(30)32-25(33-24(26)31)12-2-1-3-13-25/h4-11,21-22,27-28H,1-3,12-15H2/t21-,22+. The van der Waals surface area contributed by atoms with Gasteiger partial charge in [0.25, 0.3) is 5.79 Å². The molecule has 3 aliphatic rings. The lowest BCUT2D eigenvalue weighted by Crippen LogP contribution is -2.62. The van der Waals surface area contributed by atoms with Crippen LogP contribution in [0.3, 0.4) is 0 Å². The molecule has 3 fully saturated rings. The van der Waals surface area contributed by atoms with Crippen LogP contribution in [-0.4, -0.2) is 33.7 Å². The molecular formula is C26H26O7. The Balaban J connectivity index is 1.66. The number of aromatic hydroxyl groups is 2. The molecule has 5 rings (SSSR count). The molecule has 2 aromatic carbocycles. The molecule has 1 aliphatic heterocycles. The molecule has 7 heteroatoms. The van der Waals surface area contributed by atoms with E-state index in [0.717, 1.165) is 19.3 Å². The molecule has 2 N–H and O–H groups in total. The highest BCUT2D eigenvalue weighted by molar-refractivity contribution is 6.06. The fraction of sp³-hybridized carbons (Fsp3) is 0.423. The van der Waals surface area contributed by atoms with Crippen molar-refractivity contribution in [1.82, 2.24) is 0 Å². The fourth-order valence-corrected chi connectivity index (χ4v) is 5.75. The van der Waals surface area contributed by atoms with Gasteiger partial charge in [0.15, 0.2) is 5.41 Å². The van der Waals surface area contributed by atoms with E-state index in [1.54, 1.807) is 24.3 Å². The van der Waals surface area contributed by atoms with Crippen molar-refractivity contribution in [3.8, 4) is 11.5 Å². The van der Waals surface area contributed by atoms with Gasteiger partial charge in [-0.1, -0.05) is 30.7 Å². The van der Waals surface area contributed by atoms with Crippen LogP contribution in [0, 0.1) is 5.41 Å². The molecule has 2 spiro atoms. The van der Waals surface area contributed by atoms with E-state index in [1.807, 2.05) is 0 Å². The highest BCUT2D eigenvalue weighted by Gasteiger charge is 2.68. The number of rotatable bonds is 2. The summed E-state index contributed by atoms with van der Waals surface area (Å²) in [4.78, 5) is 40.8. The summed E-state index contributed by atoms with van der Waals surface area (Å²) in [5, 5.41) is 19.5. The van der Waals surface area contributed by atoms with Gasteiger partial charge in [0.05, 0.1) is 0 Å². The van der Waals surface area contributed by atoms with Gasteiger partial charge in [0, 0.05) is 37.5 Å². The van der Waals surface area contributed by atoms with Gasteiger partial charge < -0.3 is 19.7 Å². The number of carbonyl (C=O) groups is 3. The number of hydrogen-bond donors (Lipinski definition) is 2. The zero-order valence-corrected chi connectivity index (χ0v) is 18.2. The third-order valence-electron chi connectivity index (χ3n) is 7.40. The van der Waals surface area contributed by atoms with Crippen LogP contribution >= 0.6 is 0 Å². The molecule has 7 nitrogen and oxygen atoms in total. The second kappa shape index (κ2) is 7.90. The number of phenols is 2. The summed E-state index contributed by atoms with van der Waals surface area (Å²) in [6.45, 7) is 0. The lowest BCUT2D eigenvalue weighted by Gasteiger charge is -2.52. The Morgan fingerprint density at radius 3 is 1.52 bits per heavy atom. The number of phenolic OH excluding ortho intramolecular Hbond substituents is 2. The Morgan fingerprint density at radius 1 is 0.667 bits per heavy atom. The average molecular weight is 450 g/mol. The number of ether oxygens (including phenoxy) is 2. The van der Waals surface area contributed by atoms with Crippen molar-refractivity contribution in [2.45, 2.75) is 62.6 Å². The molecule has 2 aromatic rings. The van der Waals surface area contributed by atoms with Gasteiger partial charge in [-0.2, -0.15) is 0 Å². The normalized spacial score (nSPS) is 26.1. The second-order valence-corrected chi connectivity index (χ2v) is 9.35. The Morgan fingerprint density at radius 2 is 1.09 bits per heavy atom. The minimum atomic E-state index is -1.75. The molecule has 1 heterocycles. The summed E-state index contributed by atoms with van der Waals surface area (Å²) < 4.78 is 11.9. The molecule has 0 aromatic heterocycles. The van der Waals surface area contributed by atoms with E-state index < -0.39 is 35.0 Å². The zero-order chi connectivity index (χ0) is 23.2. The summed E-state index contributed by atoms with van der Waals surface area (Å²) in [7, 11) is 0. The van der Waals surface area contributed by atoms with Crippen LogP contribution in [0.2, 0.25) is 0 Å². The maximum absolute atomic E-state index is 13.9. The minimum absolute atomic E-state index is 0.0173. The Hall–Kier alpha value is -3.35. The molecule has 172 valence electrons. The average Bonchev–Trinajstić information content (AvgIpc) is 2.79. The van der Waals surface area contributed by atoms with E-state index >= 15 is 0 Å². The molecule has 2 atom stereocenters. The van der Waals surface area contributed by atoms with E-state index in [9.17, 15) is 24.6 Å². The van der Waals surface area contributed by atoms with Crippen molar-refractivity contribution in [3.63, 3.8) is 0 Å². The van der Waals surface area contributed by atoms with Gasteiger partial charge >= 0.3 is 11.9 Å². The second-order valence-electron chi connectivity index (χ2n) is 9.35. The van der Waals surface area contributed by atoms with Crippen LogP contribution in [0.25, 0.3) is 0 Å². The van der Waals surface area contributed by atoms with Crippen LogP contribution in [0.5, 0.6) is 11.5 Å². The number of Topliss-reactive ketones (excluding diaryl/α,β-unsaturated/α-hetero) is 1. The number of carbonyl (C=O) groups excluding carboxylic acids is 3. The van der Waals surface area contributed by atoms with Crippen molar-refractivity contribution in [2.24, 2.45) is 5.41 Å². The maximum atomic E-state index is 13.9. The van der Waals surface area contributed by atoms with Crippen LogP contribution in [0.1, 0.15) is 67.9 Å². The van der Waals surface area contributed by atoms with Crippen LogP contribution in [-0.2, 0) is 23.9 Å². The van der Waals surface area contributed by atoms with Gasteiger partial charge in [-0.3, -0.25) is 14.4 Å². The van der Waals surface area contributed by atoms with E-state index in [-0.39, 0.29) is 30.1 Å². The van der Waals surface area contributed by atoms with Crippen LogP contribution < -0.4 is 0 Å². The summed E-state index contributed by atoms with van der Waals surface area (Å²) in [5.41, 5.74) is -0.582. The molecule has 33 heavy (non-hydrogen) atoms. The van der Waals surface area contributed by atoms with E-state index in [1.165, 1.54) is 24.3 Å². The van der Waals surface area contributed by atoms with Crippen LogP contribution in [0.15, 0.2) is 48.5 Å². The summed E-state index contributed by atoms with van der Waals surface area (Å²) in [6.07, 6.45) is 3.49. The predicted octanol–water partition coefficient (Wildman–Crippen LogP) is 4.07. The number of hydrogen-bond acceptors (Lipinski definition) is 7. The third kappa shape index (κ3) is 3.46. The van der Waals surface area contributed by atoms with Crippen molar-refractivity contribution in [2.75, 3.05) is 0 Å². The smallest absolute Gasteiger partial charge is 0.328 e. The van der Waals surface area contributed by atoms with Crippen LogP contribution in [0.4, 0.5) is 0 Å². The summed E-state index contributed by atoms with van der Waals surface area (Å²) >= 11 is 0. The highest BCUT2D eigenvalue weighted by atomic mass is 16.7. The first-order valence-corrected chi connectivity index (χ1v) is 11.4. The minimum Gasteiger partial charge on any atom is -0.508 e. The molecule has 0 amide bonds. The SMILES string of the molecule is O=C1C[C@H](c2ccc(O)cc2)C2(C(=O)OC3(CCCCC3)OC2=O)[C@H](c2ccc(O)cc2)C1. The maximum Gasteiger partial charge on any atom is 0.328 e. The number of esters is 2. The molecule has 0 radical (unpaired) electrons. The quantitative estimate of drug-likeness (QED) is 0.524. The summed E-state index contributed by atoms with van der Waals surface area (Å²) in [6, 6.07) is 12.4. The van der Waals surface area contributed by atoms with E-state index in [4.69, 9.17) is 9.47 Å². The number of benzene rings is 2. The first-order valence-electron chi connectivity index (χ1n) is 11.4. The molecule has 1 saturated heterocycles. The molecule has 2 aliphatic carbocycles. The van der Waals surface area contributed by atoms with E-state index in [0.29, 0.717) is 24.0 Å². The first kappa shape index (κ1) is 21.5. The van der Waals surface area contributed by atoms with E-state index in [2.05, 4.69) is 0 Å². The van der Waals surface area contributed by atoms with Gasteiger partial charge in [0.2, 0.25) is 0 Å². The van der Waals surface area contributed by atoms with Gasteiger partial charge in [-0.25, -0.2) is 0 Å². The van der Waals surface area contributed by atoms with Gasteiger partial charge in [-0.15, -0.1) is 0 Å². The molecular weight excluding hydrogens is 424 g/mol. The monoisotopic (exact) mass is 450 g/mol. The van der Waals surface area contributed by atoms with Gasteiger partial charge in [-0.05, 0) is 48.2 Å². The largest absolute Gasteiger partial charge is 0.508 e.